The van der Waals surface area contributed by atoms with E-state index in [2.05, 4.69) is 0 Å². The van der Waals surface area contributed by atoms with Gasteiger partial charge in [0.15, 0.2) is 23.3 Å². The van der Waals surface area contributed by atoms with Gasteiger partial charge in [-0.3, -0.25) is 0 Å². The summed E-state index contributed by atoms with van der Waals surface area (Å²) < 4.78 is 85.9. The summed E-state index contributed by atoms with van der Waals surface area (Å²) >= 11 is -0.581. The third-order valence-electron chi connectivity index (χ3n) is 3.71. The molecule has 152 valence electrons. The predicted molar refractivity (Wildman–Crippen MR) is 92.4 cm³/mol. The minimum atomic E-state index is -3.66. The van der Waals surface area contributed by atoms with E-state index in [-0.39, 0.29) is 25.5 Å². The fraction of sp³-hybridized carbons (Fsp3) is 0.316. The summed E-state index contributed by atoms with van der Waals surface area (Å²) in [4.78, 5) is 10.4. The maximum absolute atomic E-state index is 13.9. The van der Waals surface area contributed by atoms with Gasteiger partial charge in [0, 0.05) is 12.5 Å². The Bertz CT molecular complexity index is 813. The maximum Gasteiger partial charge on any atom is 0.338 e. The van der Waals surface area contributed by atoms with Crippen molar-refractivity contribution in [3.05, 3.63) is 64.7 Å². The number of esters is 1. The van der Waals surface area contributed by atoms with Crippen molar-refractivity contribution in [1.82, 2.24) is 0 Å². The number of carbonyl (C=O) groups is 1. The first-order valence-electron chi connectivity index (χ1n) is 8.24. The quantitative estimate of drug-likeness (QED) is 0.165. The minimum Gasteiger partial charge on any atom is -0.462 e. The average Bonchev–Trinajstić information content (AvgIpc) is 2.63. The molecule has 0 aromatic heterocycles. The van der Waals surface area contributed by atoms with Crippen LogP contribution in [-0.4, -0.2) is 17.8 Å². The first-order valence-corrected chi connectivity index (χ1v) is 9.06. The lowest BCUT2D eigenvalue weighted by molar-refractivity contribution is 0.0482. The average molecular weight is 422 g/mol. The molecule has 2 rings (SSSR count). The lowest BCUT2D eigenvalue weighted by Gasteiger charge is -2.16. The van der Waals surface area contributed by atoms with E-state index in [9.17, 15) is 31.1 Å². The molecule has 0 spiro atoms. The predicted octanol–water partition coefficient (Wildman–Crippen LogP) is 6.26. The number of halogens is 6. The van der Waals surface area contributed by atoms with Crippen molar-refractivity contribution in [3.8, 4) is 0 Å². The molecule has 0 aliphatic carbocycles. The van der Waals surface area contributed by atoms with E-state index in [1.54, 1.807) is 24.3 Å². The Morgan fingerprint density at radius 2 is 1.57 bits per heavy atom. The van der Waals surface area contributed by atoms with E-state index in [0.717, 1.165) is 5.56 Å². The zero-order chi connectivity index (χ0) is 20.9. The molecule has 0 bridgehead atoms. The zero-order valence-electron chi connectivity index (χ0n) is 14.7. The van der Waals surface area contributed by atoms with Gasteiger partial charge in [0.1, 0.15) is 0 Å². The van der Waals surface area contributed by atoms with Crippen molar-refractivity contribution >= 4 is 17.7 Å². The lowest BCUT2D eigenvalue weighted by atomic mass is 10.1. The van der Waals surface area contributed by atoms with Gasteiger partial charge in [-0.15, -0.1) is 0 Å². The molecule has 2 aromatic rings. The van der Waals surface area contributed by atoms with Crippen LogP contribution >= 0.6 is 11.8 Å². The third kappa shape index (κ3) is 5.92. The number of ether oxygens (including phenoxy) is 1. The van der Waals surface area contributed by atoms with Gasteiger partial charge in [-0.2, -0.15) is 8.78 Å². The molecule has 0 aliphatic heterocycles. The Morgan fingerprint density at radius 3 is 2.14 bits per heavy atom. The summed E-state index contributed by atoms with van der Waals surface area (Å²) in [5.41, 5.74) is 1.29. The molecule has 0 heterocycles. The van der Waals surface area contributed by atoms with Crippen molar-refractivity contribution in [2.24, 2.45) is 0 Å². The molecule has 28 heavy (non-hydrogen) atoms. The van der Waals surface area contributed by atoms with E-state index >= 15 is 0 Å². The van der Waals surface area contributed by atoms with Crippen LogP contribution in [0.2, 0.25) is 0 Å². The van der Waals surface area contributed by atoms with E-state index in [4.69, 9.17) is 4.74 Å². The van der Waals surface area contributed by atoms with E-state index in [1.807, 2.05) is 6.92 Å². The Balaban J connectivity index is 1.82. The van der Waals surface area contributed by atoms with Gasteiger partial charge in [0.2, 0.25) is 0 Å². The van der Waals surface area contributed by atoms with Crippen molar-refractivity contribution in [2.75, 3.05) is 6.61 Å². The smallest absolute Gasteiger partial charge is 0.338 e. The molecule has 0 atom stereocenters. The molecule has 0 saturated carbocycles. The van der Waals surface area contributed by atoms with Gasteiger partial charge in [0.05, 0.1) is 17.1 Å². The van der Waals surface area contributed by atoms with Crippen LogP contribution in [0.15, 0.2) is 35.2 Å². The van der Waals surface area contributed by atoms with Crippen molar-refractivity contribution in [2.45, 2.75) is 36.3 Å². The van der Waals surface area contributed by atoms with E-state index in [1.165, 1.54) is 0 Å². The number of carbonyl (C=O) groups excluding carboxylic acids is 1. The fourth-order valence-electron chi connectivity index (χ4n) is 2.21. The van der Waals surface area contributed by atoms with E-state index in [0.29, 0.717) is 5.56 Å². The van der Waals surface area contributed by atoms with Crippen LogP contribution in [0, 0.1) is 30.2 Å². The molecule has 2 aromatic carbocycles. The molecular formula is C19H16F6O2S. The standard InChI is InChI=1S/C19H16F6O2S/c1-11-4-6-12(7-5-11)18(26)27-9-3-2-8-19(24,25)28-17-15(22)13(20)10-14(21)16(17)23/h4-7,10H,2-3,8-9H2,1H3. The highest BCUT2D eigenvalue weighted by Crippen LogP contribution is 2.42. The Hall–Kier alpha value is -2.16. The summed E-state index contributed by atoms with van der Waals surface area (Å²) in [6.45, 7) is 1.73. The molecule has 0 aliphatic rings. The molecule has 0 N–H and O–H groups in total. The van der Waals surface area contributed by atoms with Gasteiger partial charge < -0.3 is 4.74 Å². The molecular weight excluding hydrogens is 406 g/mol. The molecule has 0 unspecified atom stereocenters. The lowest BCUT2D eigenvalue weighted by Crippen LogP contribution is -2.13. The number of thioether (sulfide) groups is 1. The number of hydrogen-bond acceptors (Lipinski definition) is 3. The van der Waals surface area contributed by atoms with Crippen LogP contribution in [0.4, 0.5) is 26.3 Å². The van der Waals surface area contributed by atoms with Gasteiger partial charge in [0.25, 0.3) is 5.25 Å². The van der Waals surface area contributed by atoms with Crippen LogP contribution in [-0.2, 0) is 4.74 Å². The summed E-state index contributed by atoms with van der Waals surface area (Å²) in [5, 5.41) is -3.66. The highest BCUT2D eigenvalue weighted by Gasteiger charge is 2.34. The molecule has 0 saturated heterocycles. The second kappa shape index (κ2) is 9.36. The van der Waals surface area contributed by atoms with Crippen LogP contribution in [0.25, 0.3) is 0 Å². The number of rotatable bonds is 8. The first kappa shape index (κ1) is 22.1. The number of alkyl halides is 2. The Kier molecular flexibility index (Phi) is 7.40. The molecule has 2 nitrogen and oxygen atoms in total. The molecule has 0 amide bonds. The maximum atomic E-state index is 13.9. The minimum absolute atomic E-state index is 0.0464. The van der Waals surface area contributed by atoms with Crippen LogP contribution in [0.1, 0.15) is 35.2 Å². The SMILES string of the molecule is Cc1ccc(C(=O)OCCCCC(F)(F)Sc2c(F)c(F)cc(F)c2F)cc1. The topological polar surface area (TPSA) is 26.3 Å². The van der Waals surface area contributed by atoms with Crippen molar-refractivity contribution < 1.29 is 35.9 Å². The van der Waals surface area contributed by atoms with Crippen LogP contribution < -0.4 is 0 Å². The summed E-state index contributed by atoms with van der Waals surface area (Å²) in [7, 11) is 0. The van der Waals surface area contributed by atoms with Crippen molar-refractivity contribution in [3.63, 3.8) is 0 Å². The normalized spacial score (nSPS) is 11.5. The van der Waals surface area contributed by atoms with E-state index < -0.39 is 57.6 Å². The molecule has 0 fully saturated rings. The number of aryl methyl sites for hydroxylation is 1. The number of unbranched alkanes of at least 4 members (excludes halogenated alkanes) is 1. The summed E-state index contributed by atoms with van der Waals surface area (Å²) in [5.74, 6) is -7.83. The van der Waals surface area contributed by atoms with Gasteiger partial charge in [-0.25, -0.2) is 22.4 Å². The van der Waals surface area contributed by atoms with Crippen LogP contribution in [0.5, 0.6) is 0 Å². The molecule has 9 heteroatoms. The van der Waals surface area contributed by atoms with Crippen LogP contribution in [0.3, 0.4) is 0 Å². The second-order valence-electron chi connectivity index (χ2n) is 6.00. The van der Waals surface area contributed by atoms with Crippen molar-refractivity contribution in [1.29, 1.82) is 0 Å². The number of benzene rings is 2. The largest absolute Gasteiger partial charge is 0.462 e. The first-order chi connectivity index (χ1) is 13.1. The highest BCUT2D eigenvalue weighted by atomic mass is 32.2. The highest BCUT2D eigenvalue weighted by molar-refractivity contribution is 8.00. The van der Waals surface area contributed by atoms with Gasteiger partial charge in [-0.05, 0) is 43.7 Å². The third-order valence-corrected chi connectivity index (χ3v) is 4.77. The molecule has 0 radical (unpaired) electrons. The zero-order valence-corrected chi connectivity index (χ0v) is 15.5. The summed E-state index contributed by atoms with van der Waals surface area (Å²) in [6.07, 6.45) is -0.880. The summed E-state index contributed by atoms with van der Waals surface area (Å²) in [6, 6.07) is 6.55. The monoisotopic (exact) mass is 422 g/mol. The Labute approximate surface area is 161 Å². The fourth-order valence-corrected chi connectivity index (χ4v) is 3.13. The van der Waals surface area contributed by atoms with Gasteiger partial charge >= 0.3 is 5.97 Å². The number of hydrogen-bond donors (Lipinski definition) is 0. The van der Waals surface area contributed by atoms with Gasteiger partial charge in [-0.1, -0.05) is 17.7 Å². The second-order valence-corrected chi connectivity index (χ2v) is 7.21. The Morgan fingerprint density at radius 1 is 1.00 bits per heavy atom.